The predicted octanol–water partition coefficient (Wildman–Crippen LogP) is 3.98. The highest BCUT2D eigenvalue weighted by atomic mass is 32.2. The van der Waals surface area contributed by atoms with Crippen LogP contribution in [0.4, 0.5) is 26.0 Å². The molecule has 1 atom stereocenters. The Bertz CT molecular complexity index is 1480. The zero-order valence-electron chi connectivity index (χ0n) is 18.0. The van der Waals surface area contributed by atoms with E-state index in [1.54, 1.807) is 0 Å². The molecule has 0 spiro atoms. The molecular formula is C22H20F2N6O2S. The van der Waals surface area contributed by atoms with Gasteiger partial charge in [0.15, 0.2) is 15.7 Å². The fraction of sp³-hybridized carbons (Fsp3) is 0.273. The summed E-state index contributed by atoms with van der Waals surface area (Å²) in [7, 11) is -3.73. The summed E-state index contributed by atoms with van der Waals surface area (Å²) in [6, 6.07) is 5.39. The lowest BCUT2D eigenvalue weighted by Crippen LogP contribution is -2.54. The van der Waals surface area contributed by atoms with Gasteiger partial charge in [0.1, 0.15) is 33.3 Å². The van der Waals surface area contributed by atoms with E-state index in [9.17, 15) is 17.2 Å². The normalized spacial score (nSPS) is 21.3. The summed E-state index contributed by atoms with van der Waals surface area (Å²) < 4.78 is 53.4. The van der Waals surface area contributed by atoms with E-state index in [0.29, 0.717) is 5.69 Å². The summed E-state index contributed by atoms with van der Waals surface area (Å²) in [5.74, 6) is -1.62. The summed E-state index contributed by atoms with van der Waals surface area (Å²) in [5.41, 5.74) is 5.28. The average Bonchev–Trinajstić information content (AvgIpc) is 2.75. The van der Waals surface area contributed by atoms with Crippen molar-refractivity contribution in [3.63, 3.8) is 0 Å². The first-order valence-corrected chi connectivity index (χ1v) is 11.5. The van der Waals surface area contributed by atoms with Gasteiger partial charge in [-0.3, -0.25) is 9.98 Å². The van der Waals surface area contributed by atoms with E-state index in [-0.39, 0.29) is 33.8 Å². The number of hydrogen-bond donors (Lipinski definition) is 2. The Hall–Kier alpha value is -3.65. The predicted molar refractivity (Wildman–Crippen MR) is 122 cm³/mol. The number of aliphatic imine (C=N–C) groups is 1. The van der Waals surface area contributed by atoms with Gasteiger partial charge in [-0.05, 0) is 45.0 Å². The molecular weight excluding hydrogens is 450 g/mol. The SMILES string of the molecule is [C-]#[N+]c1cnc2c(Nc3ccc(F)c([C@]4(C)CS(=O)(=O)C(C)(C)C(N)=N4)c3)ncc(F)c2c1. The molecule has 3 heterocycles. The number of amidine groups is 1. The fourth-order valence-electron chi connectivity index (χ4n) is 3.66. The van der Waals surface area contributed by atoms with E-state index < -0.39 is 37.5 Å². The first-order chi connectivity index (χ1) is 15.4. The van der Waals surface area contributed by atoms with Gasteiger partial charge in [0.05, 0.1) is 18.5 Å². The van der Waals surface area contributed by atoms with Gasteiger partial charge >= 0.3 is 0 Å². The molecule has 0 unspecified atom stereocenters. The van der Waals surface area contributed by atoms with E-state index in [2.05, 4.69) is 25.1 Å². The lowest BCUT2D eigenvalue weighted by atomic mass is 9.92. The number of anilines is 2. The summed E-state index contributed by atoms with van der Waals surface area (Å²) in [5, 5.41) is 3.08. The number of nitrogens with zero attached hydrogens (tertiary/aromatic N) is 4. The maximum absolute atomic E-state index is 14.9. The summed E-state index contributed by atoms with van der Waals surface area (Å²) >= 11 is 0. The van der Waals surface area contributed by atoms with Gasteiger partial charge in [-0.2, -0.15) is 0 Å². The molecule has 0 radical (unpaired) electrons. The molecule has 2 aromatic heterocycles. The molecule has 1 aromatic carbocycles. The third-order valence-electron chi connectivity index (χ3n) is 5.83. The Morgan fingerprint density at radius 1 is 1.12 bits per heavy atom. The van der Waals surface area contributed by atoms with Crippen LogP contribution in [-0.2, 0) is 15.4 Å². The molecule has 8 nitrogen and oxygen atoms in total. The van der Waals surface area contributed by atoms with Crippen LogP contribution in [0.5, 0.6) is 0 Å². The number of benzene rings is 1. The topological polar surface area (TPSA) is 115 Å². The minimum Gasteiger partial charge on any atom is -0.386 e. The monoisotopic (exact) mass is 470 g/mol. The molecule has 11 heteroatoms. The van der Waals surface area contributed by atoms with Gasteiger partial charge in [-0.25, -0.2) is 27.0 Å². The van der Waals surface area contributed by atoms with Crippen molar-refractivity contribution in [3.8, 4) is 0 Å². The Morgan fingerprint density at radius 3 is 2.52 bits per heavy atom. The Balaban J connectivity index is 1.79. The molecule has 0 aliphatic carbocycles. The maximum Gasteiger partial charge on any atom is 0.205 e. The van der Waals surface area contributed by atoms with Crippen molar-refractivity contribution in [1.29, 1.82) is 0 Å². The second-order valence-electron chi connectivity index (χ2n) is 8.52. The number of nitrogens with two attached hydrogens (primary N) is 1. The van der Waals surface area contributed by atoms with Gasteiger partial charge in [0.25, 0.3) is 0 Å². The molecule has 170 valence electrons. The van der Waals surface area contributed by atoms with Crippen molar-refractivity contribution in [3.05, 3.63) is 65.3 Å². The van der Waals surface area contributed by atoms with Crippen molar-refractivity contribution < 1.29 is 17.2 Å². The summed E-state index contributed by atoms with van der Waals surface area (Å²) in [4.78, 5) is 15.8. The number of halogens is 2. The Morgan fingerprint density at radius 2 is 1.85 bits per heavy atom. The van der Waals surface area contributed by atoms with Crippen molar-refractivity contribution in [2.45, 2.75) is 31.1 Å². The lowest BCUT2D eigenvalue weighted by Gasteiger charge is -2.38. The number of nitrogens with one attached hydrogen (secondary N) is 1. The van der Waals surface area contributed by atoms with Crippen molar-refractivity contribution in [2.24, 2.45) is 10.7 Å². The van der Waals surface area contributed by atoms with Gasteiger partial charge in [0, 0.05) is 22.8 Å². The van der Waals surface area contributed by atoms with Crippen LogP contribution in [0.3, 0.4) is 0 Å². The molecule has 3 N–H and O–H groups in total. The van der Waals surface area contributed by atoms with Gasteiger partial charge in [0.2, 0.25) is 5.69 Å². The van der Waals surface area contributed by atoms with Crippen LogP contribution in [0.25, 0.3) is 15.7 Å². The first kappa shape index (κ1) is 22.5. The minimum atomic E-state index is -3.73. The van der Waals surface area contributed by atoms with Crippen molar-refractivity contribution in [1.82, 2.24) is 9.97 Å². The highest BCUT2D eigenvalue weighted by Crippen LogP contribution is 2.39. The van der Waals surface area contributed by atoms with Crippen LogP contribution in [0.2, 0.25) is 0 Å². The lowest BCUT2D eigenvalue weighted by molar-refractivity contribution is 0.476. The molecule has 4 rings (SSSR count). The molecule has 0 bridgehead atoms. The summed E-state index contributed by atoms with van der Waals surface area (Å²) in [6.07, 6.45) is 2.29. The molecule has 0 amide bonds. The maximum atomic E-state index is 14.9. The Kier molecular flexibility index (Phi) is 5.09. The highest BCUT2D eigenvalue weighted by molar-refractivity contribution is 7.93. The molecule has 0 saturated carbocycles. The van der Waals surface area contributed by atoms with Crippen LogP contribution in [0.1, 0.15) is 26.3 Å². The van der Waals surface area contributed by atoms with Gasteiger partial charge in [-0.15, -0.1) is 0 Å². The van der Waals surface area contributed by atoms with Gasteiger partial charge in [-0.1, -0.05) is 0 Å². The zero-order valence-corrected chi connectivity index (χ0v) is 18.8. The van der Waals surface area contributed by atoms with Crippen LogP contribution in [-0.4, -0.2) is 34.7 Å². The number of hydrogen-bond acceptors (Lipinski definition) is 7. The number of pyridine rings is 2. The van der Waals surface area contributed by atoms with Gasteiger partial charge < -0.3 is 11.1 Å². The second kappa shape index (κ2) is 7.45. The quantitative estimate of drug-likeness (QED) is 0.560. The second-order valence-corrected chi connectivity index (χ2v) is 11.1. The standard InChI is InChI=1S/C22H20F2N6O2S/c1-21(2)20(25)30-22(3,11-33(21,31)32)15-8-12(5-6-16(15)23)29-19-18-14(17(24)10-28-19)7-13(26-4)9-27-18/h5-10H,11H2,1-3H3,(H2,25,30)(H,28,29)/t22-/m0/s1. The largest absolute Gasteiger partial charge is 0.386 e. The van der Waals surface area contributed by atoms with E-state index in [1.165, 1.54) is 51.2 Å². The number of rotatable bonds is 3. The fourth-order valence-corrected chi connectivity index (χ4v) is 5.35. The van der Waals surface area contributed by atoms with E-state index in [4.69, 9.17) is 12.3 Å². The van der Waals surface area contributed by atoms with Crippen LogP contribution >= 0.6 is 0 Å². The van der Waals surface area contributed by atoms with Crippen molar-refractivity contribution >= 4 is 43.8 Å². The van der Waals surface area contributed by atoms with Crippen LogP contribution in [0.15, 0.2) is 41.7 Å². The number of fused-ring (bicyclic) bond motifs is 1. The zero-order chi connectivity index (χ0) is 24.2. The molecule has 0 fully saturated rings. The van der Waals surface area contributed by atoms with Crippen LogP contribution < -0.4 is 11.1 Å². The third-order valence-corrected chi connectivity index (χ3v) is 8.54. The van der Waals surface area contributed by atoms with E-state index in [0.717, 1.165) is 6.20 Å². The third kappa shape index (κ3) is 3.66. The van der Waals surface area contributed by atoms with E-state index >= 15 is 0 Å². The molecule has 3 aromatic rings. The molecule has 33 heavy (non-hydrogen) atoms. The highest BCUT2D eigenvalue weighted by Gasteiger charge is 2.49. The van der Waals surface area contributed by atoms with E-state index in [1.807, 2.05) is 0 Å². The minimum absolute atomic E-state index is 0.0317. The first-order valence-electron chi connectivity index (χ1n) is 9.85. The molecule has 1 aliphatic heterocycles. The van der Waals surface area contributed by atoms with Crippen LogP contribution in [0, 0.1) is 18.2 Å². The molecule has 1 aliphatic rings. The van der Waals surface area contributed by atoms with Crippen molar-refractivity contribution in [2.75, 3.05) is 11.1 Å². The number of aromatic nitrogens is 2. The average molecular weight is 471 g/mol. The molecule has 0 saturated heterocycles. The Labute approximate surface area is 189 Å². The summed E-state index contributed by atoms with van der Waals surface area (Å²) in [6.45, 7) is 11.5. The number of sulfone groups is 1. The smallest absolute Gasteiger partial charge is 0.205 e.